The minimum absolute atomic E-state index is 0.0719. The number of methoxy groups -OCH3 is 1. The number of benzene rings is 1. The van der Waals surface area contributed by atoms with E-state index in [1.807, 2.05) is 30.3 Å². The average Bonchev–Trinajstić information content (AvgIpc) is 2.47. The highest BCUT2D eigenvalue weighted by Crippen LogP contribution is 2.37. The molecule has 1 aliphatic carbocycles. The molecule has 0 aromatic heterocycles. The molecule has 0 radical (unpaired) electrons. The van der Waals surface area contributed by atoms with Crippen molar-refractivity contribution in [2.75, 3.05) is 7.11 Å². The summed E-state index contributed by atoms with van der Waals surface area (Å²) in [4.78, 5) is 23.7. The fourth-order valence-electron chi connectivity index (χ4n) is 2.75. The van der Waals surface area contributed by atoms with Gasteiger partial charge >= 0.3 is 5.97 Å². The summed E-state index contributed by atoms with van der Waals surface area (Å²) in [5, 5.41) is 0. The molecule has 4 atom stereocenters. The third kappa shape index (κ3) is 2.34. The molecule has 106 valence electrons. The topological polar surface area (TPSA) is 61.8 Å². The molecule has 1 saturated heterocycles. The van der Waals surface area contributed by atoms with Crippen molar-refractivity contribution in [2.24, 2.45) is 5.92 Å². The smallest absolute Gasteiger partial charge is 0.308 e. The van der Waals surface area contributed by atoms with E-state index < -0.39 is 18.5 Å². The Bertz CT molecular complexity index is 494. The Labute approximate surface area is 116 Å². The Morgan fingerprint density at radius 3 is 2.30 bits per heavy atom. The van der Waals surface area contributed by atoms with Gasteiger partial charge < -0.3 is 14.2 Å². The minimum Gasteiger partial charge on any atom is -0.469 e. The summed E-state index contributed by atoms with van der Waals surface area (Å²) >= 11 is 0. The second kappa shape index (κ2) is 5.34. The molecular weight excluding hydrogens is 260 g/mol. The first kappa shape index (κ1) is 13.3. The average molecular weight is 276 g/mol. The largest absolute Gasteiger partial charge is 0.469 e. The van der Waals surface area contributed by atoms with Gasteiger partial charge in [-0.1, -0.05) is 30.3 Å². The number of hydrogen-bond acceptors (Lipinski definition) is 5. The first-order chi connectivity index (χ1) is 9.69. The molecule has 1 saturated carbocycles. The highest BCUT2D eigenvalue weighted by atomic mass is 16.7. The van der Waals surface area contributed by atoms with Crippen LogP contribution in [-0.2, 0) is 23.8 Å². The summed E-state index contributed by atoms with van der Waals surface area (Å²) in [6.07, 6.45) is -0.972. The van der Waals surface area contributed by atoms with Crippen LogP contribution in [0, 0.1) is 5.92 Å². The van der Waals surface area contributed by atoms with Crippen LogP contribution in [0.1, 0.15) is 24.7 Å². The van der Waals surface area contributed by atoms with Gasteiger partial charge in [-0.15, -0.1) is 0 Å². The summed E-state index contributed by atoms with van der Waals surface area (Å²) in [5.41, 5.74) is 0.881. The number of ketones is 1. The number of fused-ring (bicyclic) bond motifs is 2. The van der Waals surface area contributed by atoms with Gasteiger partial charge in [-0.2, -0.15) is 0 Å². The number of ether oxygens (including phenoxy) is 3. The zero-order valence-corrected chi connectivity index (χ0v) is 11.2. The Hall–Kier alpha value is -1.72. The number of esters is 1. The predicted molar refractivity (Wildman–Crippen MR) is 68.7 cm³/mol. The summed E-state index contributed by atoms with van der Waals surface area (Å²) in [6, 6.07) is 9.49. The van der Waals surface area contributed by atoms with Crippen LogP contribution in [0.5, 0.6) is 0 Å². The van der Waals surface area contributed by atoms with Crippen LogP contribution in [0.25, 0.3) is 0 Å². The Kier molecular flexibility index (Phi) is 3.54. The van der Waals surface area contributed by atoms with Crippen LogP contribution in [-0.4, -0.2) is 31.1 Å². The molecule has 2 unspecified atom stereocenters. The van der Waals surface area contributed by atoms with Gasteiger partial charge in [0.2, 0.25) is 0 Å². The Balaban J connectivity index is 1.77. The molecule has 1 heterocycles. The van der Waals surface area contributed by atoms with Crippen LogP contribution >= 0.6 is 0 Å². The van der Waals surface area contributed by atoms with Crippen LogP contribution < -0.4 is 0 Å². The third-order valence-electron chi connectivity index (χ3n) is 3.81. The minimum atomic E-state index is -0.586. The normalized spacial score (nSPS) is 32.8. The quantitative estimate of drug-likeness (QED) is 0.768. The summed E-state index contributed by atoms with van der Waals surface area (Å²) in [6.45, 7) is 0. The van der Waals surface area contributed by atoms with Gasteiger partial charge in [0.25, 0.3) is 0 Å². The predicted octanol–water partition coefficient (Wildman–Crippen LogP) is 1.62. The maximum atomic E-state index is 12.0. The fourth-order valence-corrected chi connectivity index (χ4v) is 2.75. The zero-order chi connectivity index (χ0) is 14.1. The highest BCUT2D eigenvalue weighted by molar-refractivity contribution is 5.90. The molecule has 0 spiro atoms. The molecule has 20 heavy (non-hydrogen) atoms. The van der Waals surface area contributed by atoms with E-state index in [0.29, 0.717) is 12.8 Å². The van der Waals surface area contributed by atoms with E-state index in [1.165, 1.54) is 7.11 Å². The van der Waals surface area contributed by atoms with Gasteiger partial charge in [0.15, 0.2) is 12.1 Å². The summed E-state index contributed by atoms with van der Waals surface area (Å²) < 4.78 is 16.1. The number of rotatable bonds is 2. The van der Waals surface area contributed by atoms with Gasteiger partial charge in [-0.05, 0) is 12.8 Å². The van der Waals surface area contributed by atoms with E-state index in [9.17, 15) is 9.59 Å². The first-order valence-electron chi connectivity index (χ1n) is 6.66. The van der Waals surface area contributed by atoms with Crippen LogP contribution in [0.2, 0.25) is 0 Å². The van der Waals surface area contributed by atoms with E-state index in [-0.39, 0.29) is 17.7 Å². The van der Waals surface area contributed by atoms with Crippen molar-refractivity contribution in [3.05, 3.63) is 35.9 Å². The Morgan fingerprint density at radius 2 is 1.75 bits per heavy atom. The van der Waals surface area contributed by atoms with Crippen molar-refractivity contribution in [3.63, 3.8) is 0 Å². The van der Waals surface area contributed by atoms with Crippen molar-refractivity contribution >= 4 is 11.8 Å². The van der Waals surface area contributed by atoms with Crippen molar-refractivity contribution in [1.82, 2.24) is 0 Å². The summed E-state index contributed by atoms with van der Waals surface area (Å²) in [5.74, 6) is -0.709. The molecule has 5 heteroatoms. The molecule has 1 aromatic carbocycles. The van der Waals surface area contributed by atoms with E-state index >= 15 is 0 Å². The Morgan fingerprint density at radius 1 is 1.15 bits per heavy atom. The van der Waals surface area contributed by atoms with Crippen molar-refractivity contribution in [2.45, 2.75) is 31.3 Å². The molecule has 2 aliphatic rings. The molecule has 2 bridgehead atoms. The second-order valence-corrected chi connectivity index (χ2v) is 5.09. The first-order valence-corrected chi connectivity index (χ1v) is 6.66. The second-order valence-electron chi connectivity index (χ2n) is 5.09. The number of carbonyl (C=O) groups excluding carboxylic acids is 2. The van der Waals surface area contributed by atoms with Gasteiger partial charge in [0.05, 0.1) is 13.0 Å². The lowest BCUT2D eigenvalue weighted by Gasteiger charge is -2.40. The number of hydrogen-bond donors (Lipinski definition) is 0. The zero-order valence-electron chi connectivity index (χ0n) is 11.2. The maximum absolute atomic E-state index is 12.0. The number of Topliss-reactive ketones (excluding diaryl/α,β-unsaturated/α-hetero) is 1. The number of carbonyl (C=O) groups is 2. The lowest BCUT2D eigenvalue weighted by molar-refractivity contribution is -0.249. The van der Waals surface area contributed by atoms with E-state index in [0.717, 1.165) is 5.56 Å². The third-order valence-corrected chi connectivity index (χ3v) is 3.81. The fraction of sp³-hybridized carbons (Fsp3) is 0.467. The molecule has 0 N–H and O–H groups in total. The van der Waals surface area contributed by atoms with Crippen LogP contribution in [0.4, 0.5) is 0 Å². The van der Waals surface area contributed by atoms with Gasteiger partial charge in [0, 0.05) is 5.56 Å². The molecule has 1 aliphatic heterocycles. The molecule has 2 fully saturated rings. The van der Waals surface area contributed by atoms with Crippen molar-refractivity contribution < 1.29 is 23.8 Å². The van der Waals surface area contributed by atoms with Gasteiger partial charge in [-0.25, -0.2) is 0 Å². The van der Waals surface area contributed by atoms with Gasteiger partial charge in [-0.3, -0.25) is 9.59 Å². The lowest BCUT2D eigenvalue weighted by Crippen LogP contribution is -2.50. The molecule has 3 rings (SSSR count). The molecular formula is C15H16O5. The standard InChI is InChI=1S/C15H16O5/c1-18-14(17)10-7-11-13(16)12(8-10)20-15(19-11)9-5-3-2-4-6-9/h2-6,10-12,15H,7-8H2,1H3/t10?,11-,12+,15?. The maximum Gasteiger partial charge on any atom is 0.308 e. The van der Waals surface area contributed by atoms with Crippen LogP contribution in [0.3, 0.4) is 0 Å². The lowest BCUT2D eigenvalue weighted by atomic mass is 9.83. The van der Waals surface area contributed by atoms with Crippen molar-refractivity contribution in [1.29, 1.82) is 0 Å². The van der Waals surface area contributed by atoms with Crippen LogP contribution in [0.15, 0.2) is 30.3 Å². The summed E-state index contributed by atoms with van der Waals surface area (Å²) in [7, 11) is 1.35. The molecule has 5 nitrogen and oxygen atoms in total. The van der Waals surface area contributed by atoms with E-state index in [2.05, 4.69) is 0 Å². The monoisotopic (exact) mass is 276 g/mol. The highest BCUT2D eigenvalue weighted by Gasteiger charge is 2.46. The SMILES string of the molecule is COC(=O)C1C[C@@H]2OC(c3ccccc3)O[C@H](C1)C2=O. The van der Waals surface area contributed by atoms with Crippen molar-refractivity contribution in [3.8, 4) is 0 Å². The van der Waals surface area contributed by atoms with Gasteiger partial charge in [0.1, 0.15) is 12.2 Å². The van der Waals surface area contributed by atoms with E-state index in [1.54, 1.807) is 0 Å². The molecule has 0 amide bonds. The molecule has 1 aromatic rings. The van der Waals surface area contributed by atoms with E-state index in [4.69, 9.17) is 14.2 Å².